The molecule has 0 spiro atoms. The van der Waals surface area contributed by atoms with Gasteiger partial charge in [-0.25, -0.2) is 0 Å². The molecule has 1 saturated heterocycles. The summed E-state index contributed by atoms with van der Waals surface area (Å²) in [7, 11) is 1.67. The molecule has 1 rings (SSSR count). The molecule has 1 fully saturated rings. The van der Waals surface area contributed by atoms with Gasteiger partial charge in [0.1, 0.15) is 5.78 Å². The lowest BCUT2D eigenvalue weighted by molar-refractivity contribution is -0.129. The van der Waals surface area contributed by atoms with Gasteiger partial charge in [-0.15, -0.1) is 0 Å². The van der Waals surface area contributed by atoms with Gasteiger partial charge in [0.15, 0.2) is 0 Å². The molecule has 0 radical (unpaired) electrons. The Morgan fingerprint density at radius 1 is 1.44 bits per heavy atom. The van der Waals surface area contributed by atoms with Crippen molar-refractivity contribution in [3.05, 3.63) is 0 Å². The van der Waals surface area contributed by atoms with Crippen LogP contribution in [0.2, 0.25) is 0 Å². The number of hydrogen-bond acceptors (Lipinski definition) is 3. The van der Waals surface area contributed by atoms with Crippen LogP contribution in [0.1, 0.15) is 33.1 Å². The first kappa shape index (κ1) is 13.2. The molecule has 1 heterocycles. The molecule has 0 aromatic carbocycles. The summed E-state index contributed by atoms with van der Waals surface area (Å²) in [5, 5.41) is 2.70. The lowest BCUT2D eigenvalue weighted by Gasteiger charge is -2.22. The number of amides is 1. The van der Waals surface area contributed by atoms with Crippen molar-refractivity contribution in [3.63, 3.8) is 0 Å². The maximum absolute atomic E-state index is 11.7. The smallest absolute Gasteiger partial charge is 0.227 e. The van der Waals surface area contributed by atoms with Gasteiger partial charge in [-0.2, -0.15) is 0 Å². The third-order valence-electron chi connectivity index (χ3n) is 3.26. The lowest BCUT2D eigenvalue weighted by Crippen LogP contribution is -2.40. The van der Waals surface area contributed by atoms with E-state index in [1.165, 1.54) is 0 Å². The van der Waals surface area contributed by atoms with Crippen molar-refractivity contribution < 1.29 is 9.59 Å². The van der Waals surface area contributed by atoms with E-state index in [0.29, 0.717) is 19.5 Å². The topological polar surface area (TPSA) is 49.4 Å². The Kier molecular flexibility index (Phi) is 4.47. The average molecular weight is 226 g/mol. The summed E-state index contributed by atoms with van der Waals surface area (Å²) in [6.07, 6.45) is 2.39. The Labute approximate surface area is 97.4 Å². The molecule has 0 aromatic heterocycles. The molecular formula is C12H22N2O2. The maximum atomic E-state index is 11.7. The number of hydrogen-bond donors (Lipinski definition) is 1. The summed E-state index contributed by atoms with van der Waals surface area (Å²) in [6, 6.07) is 0. The molecule has 1 aliphatic rings. The van der Waals surface area contributed by atoms with E-state index < -0.39 is 0 Å². The van der Waals surface area contributed by atoms with Gasteiger partial charge in [-0.1, -0.05) is 6.92 Å². The van der Waals surface area contributed by atoms with Gasteiger partial charge in [0.05, 0.1) is 12.0 Å². The number of nitrogens with zero attached hydrogens (tertiary/aromatic N) is 1. The maximum Gasteiger partial charge on any atom is 0.227 e. The van der Waals surface area contributed by atoms with Crippen LogP contribution in [0.25, 0.3) is 0 Å². The summed E-state index contributed by atoms with van der Waals surface area (Å²) in [5.41, 5.74) is -0.318. The van der Waals surface area contributed by atoms with Crippen LogP contribution in [-0.2, 0) is 9.59 Å². The van der Waals surface area contributed by atoms with Crippen molar-refractivity contribution in [2.24, 2.45) is 5.41 Å². The summed E-state index contributed by atoms with van der Waals surface area (Å²) in [6.45, 7) is 6.02. The Hall–Kier alpha value is -0.900. The number of rotatable bonds is 5. The van der Waals surface area contributed by atoms with E-state index >= 15 is 0 Å². The van der Waals surface area contributed by atoms with Crippen LogP contribution in [-0.4, -0.2) is 43.3 Å². The molecule has 4 heteroatoms. The third-order valence-corrected chi connectivity index (χ3v) is 3.26. The normalized spacial score (nSPS) is 25.7. The zero-order valence-electron chi connectivity index (χ0n) is 10.5. The first-order chi connectivity index (χ1) is 7.51. The fourth-order valence-electron chi connectivity index (χ4n) is 2.29. The highest BCUT2D eigenvalue weighted by atomic mass is 16.2. The second-order valence-electron chi connectivity index (χ2n) is 4.89. The molecule has 0 bridgehead atoms. The van der Waals surface area contributed by atoms with Gasteiger partial charge in [-0.3, -0.25) is 14.5 Å². The minimum absolute atomic E-state index is 0.0814. The molecule has 1 amide bonds. The zero-order valence-corrected chi connectivity index (χ0v) is 10.5. The molecule has 1 aliphatic heterocycles. The first-order valence-corrected chi connectivity index (χ1v) is 5.98. The first-order valence-electron chi connectivity index (χ1n) is 5.98. The summed E-state index contributed by atoms with van der Waals surface area (Å²) in [5.74, 6) is 0.363. The van der Waals surface area contributed by atoms with Crippen LogP contribution < -0.4 is 5.32 Å². The van der Waals surface area contributed by atoms with E-state index in [9.17, 15) is 9.59 Å². The minimum atomic E-state index is -0.318. The van der Waals surface area contributed by atoms with Crippen LogP contribution >= 0.6 is 0 Å². The molecule has 16 heavy (non-hydrogen) atoms. The fraction of sp³-hybridized carbons (Fsp3) is 0.833. The van der Waals surface area contributed by atoms with Gasteiger partial charge in [0.2, 0.25) is 5.91 Å². The molecule has 92 valence electrons. The van der Waals surface area contributed by atoms with E-state index in [1.54, 1.807) is 7.05 Å². The fourth-order valence-corrected chi connectivity index (χ4v) is 2.29. The van der Waals surface area contributed by atoms with E-state index in [4.69, 9.17) is 0 Å². The second-order valence-corrected chi connectivity index (χ2v) is 4.89. The van der Waals surface area contributed by atoms with Gasteiger partial charge in [0, 0.05) is 20.0 Å². The van der Waals surface area contributed by atoms with Crippen molar-refractivity contribution in [1.29, 1.82) is 0 Å². The van der Waals surface area contributed by atoms with Crippen molar-refractivity contribution in [1.82, 2.24) is 10.2 Å². The Bertz CT molecular complexity index is 278. The Balaban J connectivity index is 2.46. The van der Waals surface area contributed by atoms with E-state index in [-0.39, 0.29) is 17.1 Å². The second kappa shape index (κ2) is 5.43. The lowest BCUT2D eigenvalue weighted by atomic mass is 9.89. The molecule has 1 atom stereocenters. The van der Waals surface area contributed by atoms with Gasteiger partial charge >= 0.3 is 0 Å². The van der Waals surface area contributed by atoms with Crippen molar-refractivity contribution in [3.8, 4) is 0 Å². The highest BCUT2D eigenvalue weighted by Gasteiger charge is 2.39. The minimum Gasteiger partial charge on any atom is -0.359 e. The SMILES string of the molecule is CCCC(=O)CN1CCC(C)(C(=O)NC)C1. The van der Waals surface area contributed by atoms with Crippen LogP contribution in [0.3, 0.4) is 0 Å². The number of Topliss-reactive ketones (excluding diaryl/α,β-unsaturated/α-hetero) is 1. The monoisotopic (exact) mass is 226 g/mol. The van der Waals surface area contributed by atoms with Crippen LogP contribution in [0, 0.1) is 5.41 Å². The molecule has 1 N–H and O–H groups in total. The van der Waals surface area contributed by atoms with Crippen LogP contribution in [0.4, 0.5) is 0 Å². The summed E-state index contributed by atoms with van der Waals surface area (Å²) >= 11 is 0. The van der Waals surface area contributed by atoms with Crippen molar-refractivity contribution >= 4 is 11.7 Å². The highest BCUT2D eigenvalue weighted by Crippen LogP contribution is 2.29. The largest absolute Gasteiger partial charge is 0.359 e. The number of carbonyl (C=O) groups excluding carboxylic acids is 2. The van der Waals surface area contributed by atoms with E-state index in [2.05, 4.69) is 10.2 Å². The molecule has 1 unspecified atom stereocenters. The average Bonchev–Trinajstić information content (AvgIpc) is 2.60. The molecular weight excluding hydrogens is 204 g/mol. The number of likely N-dealkylation sites (tertiary alicyclic amines) is 1. The third kappa shape index (κ3) is 3.04. The molecule has 0 aromatic rings. The highest BCUT2D eigenvalue weighted by molar-refractivity contribution is 5.83. The van der Waals surface area contributed by atoms with Gasteiger partial charge in [-0.05, 0) is 26.3 Å². The summed E-state index contributed by atoms with van der Waals surface area (Å²) in [4.78, 5) is 25.3. The zero-order chi connectivity index (χ0) is 12.2. The Morgan fingerprint density at radius 3 is 2.69 bits per heavy atom. The standard InChI is InChI=1S/C12H22N2O2/c1-4-5-10(15)8-14-7-6-12(2,9-14)11(16)13-3/h4-9H2,1-3H3,(H,13,16). The van der Waals surface area contributed by atoms with Gasteiger partial charge < -0.3 is 5.32 Å². The molecule has 0 saturated carbocycles. The quantitative estimate of drug-likeness (QED) is 0.755. The number of carbonyl (C=O) groups is 2. The molecule has 4 nitrogen and oxygen atoms in total. The Morgan fingerprint density at radius 2 is 2.12 bits per heavy atom. The molecule has 0 aliphatic carbocycles. The van der Waals surface area contributed by atoms with Crippen LogP contribution in [0.15, 0.2) is 0 Å². The predicted molar refractivity (Wildman–Crippen MR) is 63.1 cm³/mol. The number of nitrogens with one attached hydrogen (secondary N) is 1. The van der Waals surface area contributed by atoms with Crippen molar-refractivity contribution in [2.75, 3.05) is 26.7 Å². The van der Waals surface area contributed by atoms with Crippen LogP contribution in [0.5, 0.6) is 0 Å². The van der Waals surface area contributed by atoms with Gasteiger partial charge in [0.25, 0.3) is 0 Å². The van der Waals surface area contributed by atoms with E-state index in [1.807, 2.05) is 13.8 Å². The van der Waals surface area contributed by atoms with Crippen molar-refractivity contribution in [2.45, 2.75) is 33.1 Å². The number of ketones is 1. The van der Waals surface area contributed by atoms with E-state index in [0.717, 1.165) is 19.4 Å². The predicted octanol–water partition coefficient (Wildman–Crippen LogP) is 0.814. The summed E-state index contributed by atoms with van der Waals surface area (Å²) < 4.78 is 0.